The molecule has 2 fully saturated rings. The van der Waals surface area contributed by atoms with Crippen molar-refractivity contribution in [2.45, 2.75) is 95.8 Å². The topological polar surface area (TPSA) is 38.7 Å². The van der Waals surface area contributed by atoms with E-state index in [1.54, 1.807) is 0 Å². The zero-order chi connectivity index (χ0) is 52.7. The van der Waals surface area contributed by atoms with E-state index in [-0.39, 0.29) is 25.8 Å². The molecule has 0 spiro atoms. The van der Waals surface area contributed by atoms with Crippen molar-refractivity contribution in [1.82, 2.24) is 15.4 Å². The Morgan fingerprint density at radius 3 is 2.33 bits per heavy atom. The van der Waals surface area contributed by atoms with Gasteiger partial charge in [-0.25, -0.2) is 0 Å². The van der Waals surface area contributed by atoms with Crippen LogP contribution in [0.15, 0.2) is 91.1 Å². The minimum absolute atomic E-state index is 0.0194. The van der Waals surface area contributed by atoms with Gasteiger partial charge in [-0.05, 0) is 0 Å². The quantitative estimate of drug-likeness (QED) is 0.164. The van der Waals surface area contributed by atoms with Crippen LogP contribution in [0, 0.1) is 13.8 Å². The molecule has 2 aromatic heterocycles. The van der Waals surface area contributed by atoms with Gasteiger partial charge in [-0.1, -0.05) is 0 Å². The van der Waals surface area contributed by atoms with Crippen molar-refractivity contribution in [3.63, 3.8) is 0 Å². The molecule has 2 heterocycles. The summed E-state index contributed by atoms with van der Waals surface area (Å²) >= 11 is -0.335. The molecule has 0 bridgehead atoms. The van der Waals surface area contributed by atoms with Crippen LogP contribution in [0.5, 0.6) is 0 Å². The van der Waals surface area contributed by atoms with E-state index in [1.807, 2.05) is 74.5 Å². The van der Waals surface area contributed by atoms with Crippen LogP contribution in [-0.4, -0.2) is 29.9 Å². The zero-order valence-electron chi connectivity index (χ0n) is 48.3. The summed E-state index contributed by atoms with van der Waals surface area (Å²) in [7, 11) is 0. The third-order valence-electron chi connectivity index (χ3n) is 10.3. The first kappa shape index (κ1) is 17.6. The predicted molar refractivity (Wildman–Crippen MR) is 217 cm³/mol. The number of rotatable bonds is 5. The molecule has 4 unspecified atom stereocenters. The first-order valence-corrected chi connectivity index (χ1v) is 18.8. The van der Waals surface area contributed by atoms with Gasteiger partial charge in [0.05, 0.1) is 0 Å². The third kappa shape index (κ3) is 5.25. The second-order valence-electron chi connectivity index (χ2n) is 13.1. The Kier molecular flexibility index (Phi) is 4.49. The van der Waals surface area contributed by atoms with Crippen LogP contribution >= 0.6 is 0 Å². The number of aryl methyl sites for hydroxylation is 1. The fourth-order valence-electron chi connectivity index (χ4n) is 7.98. The summed E-state index contributed by atoms with van der Waals surface area (Å²) in [6.07, 6.45) is -35.6. The van der Waals surface area contributed by atoms with Gasteiger partial charge in [0.2, 0.25) is 0 Å². The van der Waals surface area contributed by atoms with Crippen LogP contribution in [0.1, 0.15) is 136 Å². The fourth-order valence-corrected chi connectivity index (χ4v) is 10.3. The number of fused-ring (bicyclic) bond motifs is 6. The van der Waals surface area contributed by atoms with Crippen molar-refractivity contribution in [2.24, 2.45) is 0 Å². The maximum atomic E-state index is 10.6. The average Bonchev–Trinajstić information content (AvgIpc) is 3.90. The van der Waals surface area contributed by atoms with E-state index >= 15 is 0 Å². The molecular formula is C48H45N3Se. The molecular weight excluding hydrogens is 698 g/mol. The number of hydrogen-bond donors (Lipinski definition) is 0. The average molecular weight is 763 g/mol. The Bertz CT molecular complexity index is 3430. The summed E-state index contributed by atoms with van der Waals surface area (Å²) in [6.45, 7) is 3.94. The molecule has 0 N–H and O–H groups in total. The maximum absolute atomic E-state index is 10.6. The van der Waals surface area contributed by atoms with Gasteiger partial charge in [-0.2, -0.15) is 0 Å². The molecule has 3 aliphatic carbocycles. The van der Waals surface area contributed by atoms with Gasteiger partial charge in [0.15, 0.2) is 0 Å². The van der Waals surface area contributed by atoms with Crippen molar-refractivity contribution in [2.75, 3.05) is 0 Å². The Labute approximate surface area is 341 Å². The first-order valence-electron chi connectivity index (χ1n) is 27.2. The molecule has 7 aromatic rings. The van der Waals surface area contributed by atoms with Gasteiger partial charge < -0.3 is 0 Å². The van der Waals surface area contributed by atoms with Crippen molar-refractivity contribution in [3.05, 3.63) is 125 Å². The van der Waals surface area contributed by atoms with Gasteiger partial charge in [-0.15, -0.1) is 0 Å². The molecule has 3 aliphatic rings. The van der Waals surface area contributed by atoms with Gasteiger partial charge in [0.1, 0.15) is 0 Å². The molecule has 4 heteroatoms. The Hall–Kier alpha value is -4.37. The van der Waals surface area contributed by atoms with Crippen LogP contribution < -0.4 is 0 Å². The van der Waals surface area contributed by atoms with E-state index in [9.17, 15) is 11.0 Å². The Balaban J connectivity index is 1.47. The zero-order valence-corrected chi connectivity index (χ0v) is 30.0. The Morgan fingerprint density at radius 2 is 1.46 bits per heavy atom. The van der Waals surface area contributed by atoms with E-state index in [4.69, 9.17) is 16.4 Å². The summed E-state index contributed by atoms with van der Waals surface area (Å²) in [4.78, 5) is 0. The van der Waals surface area contributed by atoms with Gasteiger partial charge in [0, 0.05) is 0 Å². The standard InChI is InChI=1S/C48H45N3Se/c1-29-27-39-34-18-10-9-17-33(34)28-40(39)44(30(29)2)37-23-24-43-48(36-19-11-12-20-42(36)52-43)46(37)38-22-21-35(31-13-5-3-6-14-31)45(32-15-7-4-8-16-32)47(38)41-25-26-49-51-50-41/h9-12,17-27,31-32H,3-8,13-16,28H2,1-2H3/i3D2,4D2,5D2,6D2,7D2,8D2,13D,14D2,15D,16D2,31D,32D. The Morgan fingerprint density at radius 1 is 0.692 bits per heavy atom. The van der Waals surface area contributed by atoms with Crippen molar-refractivity contribution < 1.29 is 27.4 Å². The van der Waals surface area contributed by atoms with Crippen molar-refractivity contribution in [1.29, 1.82) is 0 Å². The van der Waals surface area contributed by atoms with Crippen LogP contribution in [0.4, 0.5) is 0 Å². The summed E-state index contributed by atoms with van der Waals surface area (Å²) in [5, 5.41) is 13.4. The van der Waals surface area contributed by atoms with Crippen LogP contribution in [0.3, 0.4) is 0 Å². The normalized spacial score (nSPS) is 37.6. The summed E-state index contributed by atoms with van der Waals surface area (Å²) in [5.74, 6) is -7.58. The van der Waals surface area contributed by atoms with Gasteiger partial charge in [0.25, 0.3) is 0 Å². The molecule has 258 valence electrons. The predicted octanol–water partition coefficient (Wildman–Crippen LogP) is 12.5. The number of benzene rings is 5. The van der Waals surface area contributed by atoms with E-state index in [0.717, 1.165) is 65.1 Å². The van der Waals surface area contributed by atoms with Crippen LogP contribution in [0.25, 0.3) is 63.9 Å². The number of aromatic nitrogens is 3. The summed E-state index contributed by atoms with van der Waals surface area (Å²) in [5.41, 5.74) is 4.60. The van der Waals surface area contributed by atoms with E-state index in [0.29, 0.717) is 22.9 Å². The number of nitrogens with zero attached hydrogens (tertiary/aromatic N) is 3. The number of hydrogen-bond acceptors (Lipinski definition) is 3. The molecule has 0 saturated heterocycles. The minimum atomic E-state index is -4.05. The SMILES string of the molecule is [2H]C1C([2H])([2H])C([2H])([2H])C([2H])([2H])C([2H])([2H])C1([2H])c1ccc(-c2c(-c3c(C)c(C)cc4c3Cc3ccccc3-4)ccc3[se]c4ccccc4c23)c(-c2ccnnn2)c1C1([2H])C([2H])C([2H])([2H])C([2H])([2H])C([2H])([2H])C1([2H])[2H]. The molecule has 3 nitrogen and oxygen atoms in total. The van der Waals surface area contributed by atoms with Crippen LogP contribution in [0.2, 0.25) is 0 Å². The van der Waals surface area contributed by atoms with E-state index < -0.39 is 92.3 Å². The fraction of sp³-hybridized carbons (Fsp3) is 0.312. The van der Waals surface area contributed by atoms with Gasteiger partial charge in [-0.3, -0.25) is 0 Å². The molecule has 5 aromatic carbocycles. The second-order valence-corrected chi connectivity index (χ2v) is 15.4. The molecule has 4 atom stereocenters. The molecule has 52 heavy (non-hydrogen) atoms. The molecule has 0 amide bonds. The van der Waals surface area contributed by atoms with Gasteiger partial charge >= 0.3 is 342 Å². The molecule has 0 radical (unpaired) electrons. The van der Waals surface area contributed by atoms with Crippen molar-refractivity contribution >= 4 is 33.8 Å². The third-order valence-corrected chi connectivity index (χ3v) is 12.7. The van der Waals surface area contributed by atoms with Crippen molar-refractivity contribution in [3.8, 4) is 44.6 Å². The molecule has 10 rings (SSSR count). The first-order chi connectivity index (χ1) is 33.2. The molecule has 2 saturated carbocycles. The van der Waals surface area contributed by atoms with E-state index in [2.05, 4.69) is 21.5 Å². The summed E-state index contributed by atoms with van der Waals surface area (Å²) in [6, 6.07) is 25.2. The van der Waals surface area contributed by atoms with Crippen LogP contribution in [-0.2, 0) is 6.42 Å². The summed E-state index contributed by atoms with van der Waals surface area (Å²) < 4.78 is 187. The molecule has 0 aliphatic heterocycles. The van der Waals surface area contributed by atoms with E-state index in [1.165, 1.54) is 12.1 Å². The second kappa shape index (κ2) is 13.2. The monoisotopic (exact) mass is 763 g/mol.